The number of fused-ring (bicyclic) bond motifs is 1. The molecule has 0 radical (unpaired) electrons. The Bertz CT molecular complexity index is 741. The topological polar surface area (TPSA) is 43.0 Å². The van der Waals surface area contributed by atoms with Crippen LogP contribution in [0.15, 0.2) is 41.0 Å². The summed E-state index contributed by atoms with van der Waals surface area (Å²) in [6.07, 6.45) is 2.60. The average Bonchev–Trinajstić information content (AvgIpc) is 3.09. The van der Waals surface area contributed by atoms with E-state index in [1.165, 1.54) is 16.5 Å². The number of hydrogen-bond donors (Lipinski definition) is 1. The highest BCUT2D eigenvalue weighted by Gasteiger charge is 2.18. The van der Waals surface area contributed by atoms with Gasteiger partial charge in [-0.15, -0.1) is 0 Å². The van der Waals surface area contributed by atoms with Gasteiger partial charge >= 0.3 is 0 Å². The molecule has 0 aliphatic heterocycles. The molecule has 1 atom stereocenters. The maximum atomic E-state index is 5.43. The van der Waals surface area contributed by atoms with Gasteiger partial charge in [-0.25, -0.2) is 0 Å². The van der Waals surface area contributed by atoms with Gasteiger partial charge in [-0.05, 0) is 33.0 Å². The Morgan fingerprint density at radius 1 is 1.29 bits per heavy atom. The van der Waals surface area contributed by atoms with Crippen molar-refractivity contribution in [2.24, 2.45) is 0 Å². The quantitative estimate of drug-likeness (QED) is 0.779. The third-order valence-electron chi connectivity index (χ3n) is 4.05. The van der Waals surface area contributed by atoms with Crippen LogP contribution in [0.3, 0.4) is 0 Å². The Morgan fingerprint density at radius 3 is 2.76 bits per heavy atom. The Labute approximate surface area is 124 Å². The average molecular weight is 283 g/mol. The monoisotopic (exact) mass is 283 g/mol. The first-order valence-electron chi connectivity index (χ1n) is 7.40. The predicted molar refractivity (Wildman–Crippen MR) is 84.4 cm³/mol. The maximum Gasteiger partial charge on any atom is 0.105 e. The molecule has 4 nitrogen and oxygen atoms in total. The molecule has 110 valence electrons. The number of hydrogen-bond acceptors (Lipinski definition) is 3. The number of benzene rings is 1. The van der Waals surface area contributed by atoms with Crippen molar-refractivity contribution in [1.29, 1.82) is 0 Å². The summed E-state index contributed by atoms with van der Waals surface area (Å²) in [7, 11) is 1.98. The van der Waals surface area contributed by atoms with Crippen LogP contribution in [0.5, 0.6) is 0 Å². The molecule has 21 heavy (non-hydrogen) atoms. The number of aryl methyl sites for hydroxylation is 2. The first kappa shape index (κ1) is 13.9. The van der Waals surface area contributed by atoms with Crippen molar-refractivity contribution in [2.45, 2.75) is 32.9 Å². The summed E-state index contributed by atoms with van der Waals surface area (Å²) in [6, 6.07) is 10.7. The minimum absolute atomic E-state index is 0.215. The highest BCUT2D eigenvalue weighted by Crippen LogP contribution is 2.26. The molecule has 0 aliphatic rings. The van der Waals surface area contributed by atoms with Gasteiger partial charge in [-0.3, -0.25) is 4.68 Å². The second-order valence-corrected chi connectivity index (χ2v) is 5.26. The van der Waals surface area contributed by atoms with Crippen molar-refractivity contribution in [2.75, 3.05) is 7.05 Å². The van der Waals surface area contributed by atoms with E-state index in [0.717, 1.165) is 24.4 Å². The van der Waals surface area contributed by atoms with Gasteiger partial charge in [0.25, 0.3) is 0 Å². The largest absolute Gasteiger partial charge is 0.469 e. The van der Waals surface area contributed by atoms with Crippen LogP contribution < -0.4 is 5.32 Å². The molecule has 0 bridgehead atoms. The number of para-hydroxylation sites is 1. The Kier molecular flexibility index (Phi) is 3.80. The van der Waals surface area contributed by atoms with E-state index >= 15 is 0 Å². The number of nitrogens with zero attached hydrogens (tertiary/aromatic N) is 2. The fourth-order valence-electron chi connectivity index (χ4n) is 2.91. The van der Waals surface area contributed by atoms with E-state index in [0.29, 0.717) is 0 Å². The van der Waals surface area contributed by atoms with Crippen molar-refractivity contribution in [3.05, 3.63) is 53.6 Å². The second-order valence-electron chi connectivity index (χ2n) is 5.26. The van der Waals surface area contributed by atoms with Crippen molar-refractivity contribution < 1.29 is 4.42 Å². The van der Waals surface area contributed by atoms with E-state index in [-0.39, 0.29) is 6.04 Å². The Balaban J connectivity index is 1.99. The van der Waals surface area contributed by atoms with E-state index in [2.05, 4.69) is 41.2 Å². The van der Waals surface area contributed by atoms with Crippen LogP contribution in [0.1, 0.15) is 30.0 Å². The summed E-state index contributed by atoms with van der Waals surface area (Å²) in [5.74, 6) is 0.966. The van der Waals surface area contributed by atoms with Gasteiger partial charge in [0, 0.05) is 30.0 Å². The lowest BCUT2D eigenvalue weighted by Gasteiger charge is -2.14. The molecule has 0 spiro atoms. The molecular formula is C17H21N3O. The lowest BCUT2D eigenvalue weighted by atomic mass is 10.0. The number of aromatic nitrogens is 2. The molecular weight excluding hydrogens is 262 g/mol. The summed E-state index contributed by atoms with van der Waals surface area (Å²) in [5, 5.41) is 9.39. The van der Waals surface area contributed by atoms with Gasteiger partial charge in [-0.1, -0.05) is 18.2 Å². The van der Waals surface area contributed by atoms with E-state index in [1.54, 1.807) is 6.26 Å². The van der Waals surface area contributed by atoms with Gasteiger partial charge < -0.3 is 9.73 Å². The summed E-state index contributed by atoms with van der Waals surface area (Å²) in [4.78, 5) is 0. The molecule has 4 heteroatoms. The van der Waals surface area contributed by atoms with Crippen molar-refractivity contribution in [3.8, 4) is 0 Å². The van der Waals surface area contributed by atoms with E-state index in [4.69, 9.17) is 9.52 Å². The maximum absolute atomic E-state index is 5.43. The van der Waals surface area contributed by atoms with E-state index in [1.807, 2.05) is 20.0 Å². The molecule has 0 saturated carbocycles. The molecule has 1 unspecified atom stereocenters. The first-order chi connectivity index (χ1) is 10.2. The standard InChI is InChI=1S/C17H21N3O/c1-4-20-17-8-6-5-7-14(17)16(19-20)11-15(18-3)13-9-10-21-12(13)2/h5-10,15,18H,4,11H2,1-3H3. The van der Waals surface area contributed by atoms with Crippen LogP contribution in [0.25, 0.3) is 10.9 Å². The van der Waals surface area contributed by atoms with Gasteiger partial charge in [0.15, 0.2) is 0 Å². The molecule has 3 aromatic rings. The molecule has 2 heterocycles. The summed E-state index contributed by atoms with van der Waals surface area (Å²) in [5.41, 5.74) is 3.54. The number of likely N-dealkylation sites (N-methyl/N-ethyl adjacent to an activating group) is 1. The van der Waals surface area contributed by atoms with E-state index in [9.17, 15) is 0 Å². The first-order valence-corrected chi connectivity index (χ1v) is 7.40. The smallest absolute Gasteiger partial charge is 0.105 e. The number of nitrogens with one attached hydrogen (secondary N) is 1. The summed E-state index contributed by atoms with van der Waals surface area (Å²) in [6.45, 7) is 5.01. The fourth-order valence-corrected chi connectivity index (χ4v) is 2.91. The van der Waals surface area contributed by atoms with Crippen LogP contribution in [0.2, 0.25) is 0 Å². The molecule has 0 saturated heterocycles. The zero-order valence-corrected chi connectivity index (χ0v) is 12.8. The zero-order valence-electron chi connectivity index (χ0n) is 12.8. The van der Waals surface area contributed by atoms with E-state index < -0.39 is 0 Å². The van der Waals surface area contributed by atoms with Gasteiger partial charge in [0.05, 0.1) is 17.5 Å². The van der Waals surface area contributed by atoms with Crippen LogP contribution in [0.4, 0.5) is 0 Å². The minimum atomic E-state index is 0.215. The van der Waals surface area contributed by atoms with Crippen molar-refractivity contribution >= 4 is 10.9 Å². The number of rotatable bonds is 5. The molecule has 0 aliphatic carbocycles. The van der Waals surface area contributed by atoms with Crippen LogP contribution in [0, 0.1) is 6.92 Å². The molecule has 1 aromatic carbocycles. The lowest BCUT2D eigenvalue weighted by molar-refractivity contribution is 0.509. The molecule has 2 aromatic heterocycles. The van der Waals surface area contributed by atoms with Gasteiger partial charge in [-0.2, -0.15) is 5.10 Å². The lowest BCUT2D eigenvalue weighted by Crippen LogP contribution is -2.19. The zero-order chi connectivity index (χ0) is 14.8. The third-order valence-corrected chi connectivity index (χ3v) is 4.05. The fraction of sp³-hybridized carbons (Fsp3) is 0.353. The van der Waals surface area contributed by atoms with Crippen molar-refractivity contribution in [1.82, 2.24) is 15.1 Å². The summed E-state index contributed by atoms with van der Waals surface area (Å²) < 4.78 is 7.50. The third kappa shape index (κ3) is 2.47. The van der Waals surface area contributed by atoms with Crippen LogP contribution in [-0.2, 0) is 13.0 Å². The van der Waals surface area contributed by atoms with Crippen molar-refractivity contribution in [3.63, 3.8) is 0 Å². The summed E-state index contributed by atoms with van der Waals surface area (Å²) >= 11 is 0. The van der Waals surface area contributed by atoms with Gasteiger partial charge in [0.2, 0.25) is 0 Å². The Hall–Kier alpha value is -2.07. The molecule has 3 rings (SSSR count). The number of furan rings is 1. The second kappa shape index (κ2) is 5.74. The SMILES string of the molecule is CCn1nc(CC(NC)c2ccoc2C)c2ccccc21. The van der Waals surface area contributed by atoms with Crippen LogP contribution in [-0.4, -0.2) is 16.8 Å². The molecule has 0 amide bonds. The molecule has 1 N–H and O–H groups in total. The van der Waals surface area contributed by atoms with Gasteiger partial charge in [0.1, 0.15) is 5.76 Å². The molecule has 0 fully saturated rings. The normalized spacial score (nSPS) is 12.9. The highest BCUT2D eigenvalue weighted by atomic mass is 16.3. The Morgan fingerprint density at radius 2 is 2.10 bits per heavy atom. The van der Waals surface area contributed by atoms with Crippen LogP contribution >= 0.6 is 0 Å². The highest BCUT2D eigenvalue weighted by molar-refractivity contribution is 5.82. The minimum Gasteiger partial charge on any atom is -0.469 e. The predicted octanol–water partition coefficient (Wildman–Crippen LogP) is 3.46.